The second-order valence-electron chi connectivity index (χ2n) is 8.71. The lowest BCUT2D eigenvalue weighted by atomic mass is 10.1. The van der Waals surface area contributed by atoms with Crippen LogP contribution in [0.15, 0.2) is 18.2 Å². The molecule has 176 valence electrons. The Labute approximate surface area is 198 Å². The number of nitrogens with one attached hydrogen (secondary N) is 2. The fourth-order valence-corrected chi connectivity index (χ4v) is 4.36. The average Bonchev–Trinajstić information content (AvgIpc) is 2.78. The fraction of sp³-hybridized carbons (Fsp3) is 0.625. The Kier molecular flexibility index (Phi) is 9.44. The van der Waals surface area contributed by atoms with E-state index in [-0.39, 0.29) is 0 Å². The molecule has 3 rings (SSSR count). The molecule has 0 aliphatic carbocycles. The molecule has 1 aliphatic rings. The van der Waals surface area contributed by atoms with Gasteiger partial charge in [-0.15, -0.1) is 0 Å². The van der Waals surface area contributed by atoms with E-state index < -0.39 is 0 Å². The largest absolute Gasteiger partial charge is 0.362 e. The van der Waals surface area contributed by atoms with Crippen molar-refractivity contribution >= 4 is 39.9 Å². The van der Waals surface area contributed by atoms with E-state index in [1.54, 1.807) is 0 Å². The van der Waals surface area contributed by atoms with Gasteiger partial charge in [-0.2, -0.15) is 0 Å². The van der Waals surface area contributed by atoms with Crippen molar-refractivity contribution in [3.63, 3.8) is 0 Å². The summed E-state index contributed by atoms with van der Waals surface area (Å²) in [5.41, 5.74) is 2.94. The normalized spacial score (nSPS) is 14.8. The minimum absolute atomic E-state index is 0.662. The van der Waals surface area contributed by atoms with Gasteiger partial charge in [-0.05, 0) is 83.3 Å². The van der Waals surface area contributed by atoms with Crippen LogP contribution in [0.2, 0.25) is 0 Å². The Bertz CT molecular complexity index is 874. The lowest BCUT2D eigenvalue weighted by molar-refractivity contribution is 0.272. The van der Waals surface area contributed by atoms with Crippen LogP contribution in [-0.2, 0) is 0 Å². The summed E-state index contributed by atoms with van der Waals surface area (Å²) in [6.07, 6.45) is 3.49. The first-order valence-electron chi connectivity index (χ1n) is 12.0. The van der Waals surface area contributed by atoms with Crippen LogP contribution in [0.25, 0.3) is 10.9 Å². The maximum absolute atomic E-state index is 5.51. The molecule has 1 fully saturated rings. The standard InChI is InChI=1S/C24H39N7S/c1-5-11-30(12-6-2)13-7-10-25-24(32)27-20-8-9-22-21(18-20)19(3)26-23(28-22)31-16-14-29(4)15-17-31/h8-9,18H,5-7,10-17H2,1-4H3,(H2,25,27,32). The summed E-state index contributed by atoms with van der Waals surface area (Å²) in [4.78, 5) is 16.8. The van der Waals surface area contributed by atoms with E-state index in [0.29, 0.717) is 5.11 Å². The lowest BCUT2D eigenvalue weighted by Crippen LogP contribution is -2.45. The number of rotatable bonds is 10. The number of aryl methyl sites for hydroxylation is 1. The van der Waals surface area contributed by atoms with Gasteiger partial charge < -0.3 is 25.3 Å². The predicted molar refractivity (Wildman–Crippen MR) is 140 cm³/mol. The highest BCUT2D eigenvalue weighted by Gasteiger charge is 2.17. The minimum Gasteiger partial charge on any atom is -0.362 e. The summed E-state index contributed by atoms with van der Waals surface area (Å²) in [6.45, 7) is 14.9. The van der Waals surface area contributed by atoms with Gasteiger partial charge in [0.25, 0.3) is 0 Å². The molecule has 2 heterocycles. The highest BCUT2D eigenvalue weighted by molar-refractivity contribution is 7.80. The van der Waals surface area contributed by atoms with Gasteiger partial charge in [-0.25, -0.2) is 9.97 Å². The number of anilines is 2. The highest BCUT2D eigenvalue weighted by atomic mass is 32.1. The molecule has 1 aliphatic heterocycles. The van der Waals surface area contributed by atoms with E-state index in [0.717, 1.165) is 73.9 Å². The van der Waals surface area contributed by atoms with E-state index in [1.807, 2.05) is 6.07 Å². The smallest absolute Gasteiger partial charge is 0.226 e. The summed E-state index contributed by atoms with van der Waals surface area (Å²) >= 11 is 5.51. The molecule has 0 atom stereocenters. The Morgan fingerprint density at radius 1 is 1.06 bits per heavy atom. The molecule has 0 amide bonds. The number of likely N-dealkylation sites (N-methyl/N-ethyl adjacent to an activating group) is 1. The van der Waals surface area contributed by atoms with E-state index in [2.05, 4.69) is 65.3 Å². The number of nitrogens with zero attached hydrogens (tertiary/aromatic N) is 5. The molecule has 8 heteroatoms. The van der Waals surface area contributed by atoms with Crippen LogP contribution in [0.1, 0.15) is 38.8 Å². The number of hydrogen-bond acceptors (Lipinski definition) is 6. The summed E-state index contributed by atoms with van der Waals surface area (Å²) in [5.74, 6) is 0.834. The Morgan fingerprint density at radius 3 is 2.47 bits per heavy atom. The zero-order valence-corrected chi connectivity index (χ0v) is 21.0. The van der Waals surface area contributed by atoms with Crippen molar-refractivity contribution in [1.29, 1.82) is 0 Å². The van der Waals surface area contributed by atoms with Gasteiger partial charge in [0.2, 0.25) is 5.95 Å². The molecule has 7 nitrogen and oxygen atoms in total. The summed E-state index contributed by atoms with van der Waals surface area (Å²) < 4.78 is 0. The quantitative estimate of drug-likeness (QED) is 0.415. The Balaban J connectivity index is 1.54. The van der Waals surface area contributed by atoms with Crippen LogP contribution in [0.3, 0.4) is 0 Å². The molecule has 0 unspecified atom stereocenters. The zero-order chi connectivity index (χ0) is 22.9. The third-order valence-corrected chi connectivity index (χ3v) is 6.18. The molecule has 1 aromatic carbocycles. The van der Waals surface area contributed by atoms with Crippen molar-refractivity contribution in [2.75, 3.05) is 69.6 Å². The molecular weight excluding hydrogens is 418 g/mol. The molecule has 1 saturated heterocycles. The van der Waals surface area contributed by atoms with Crippen LogP contribution in [-0.4, -0.2) is 84.3 Å². The van der Waals surface area contributed by atoms with E-state index in [4.69, 9.17) is 22.2 Å². The second kappa shape index (κ2) is 12.3. The lowest BCUT2D eigenvalue weighted by Gasteiger charge is -2.32. The van der Waals surface area contributed by atoms with Crippen molar-refractivity contribution in [3.05, 3.63) is 23.9 Å². The third kappa shape index (κ3) is 6.98. The number of fused-ring (bicyclic) bond motifs is 1. The van der Waals surface area contributed by atoms with E-state index >= 15 is 0 Å². The molecule has 0 bridgehead atoms. The van der Waals surface area contributed by atoms with Crippen molar-refractivity contribution in [2.24, 2.45) is 0 Å². The van der Waals surface area contributed by atoms with Gasteiger partial charge in [-0.3, -0.25) is 0 Å². The molecule has 0 radical (unpaired) electrons. The van der Waals surface area contributed by atoms with Gasteiger partial charge >= 0.3 is 0 Å². The molecule has 32 heavy (non-hydrogen) atoms. The monoisotopic (exact) mass is 457 g/mol. The Hall–Kier alpha value is -2.03. The molecule has 0 spiro atoms. The third-order valence-electron chi connectivity index (χ3n) is 5.93. The number of aromatic nitrogens is 2. The first-order valence-corrected chi connectivity index (χ1v) is 12.4. The topological polar surface area (TPSA) is 59.6 Å². The first-order chi connectivity index (χ1) is 15.5. The maximum atomic E-state index is 5.51. The predicted octanol–water partition coefficient (Wildman–Crippen LogP) is 3.49. The molecule has 2 aromatic rings. The molecule has 2 N–H and O–H groups in total. The molecule has 0 saturated carbocycles. The van der Waals surface area contributed by atoms with Crippen molar-refractivity contribution in [1.82, 2.24) is 25.1 Å². The number of thiocarbonyl (C=S) groups is 1. The van der Waals surface area contributed by atoms with Crippen molar-refractivity contribution < 1.29 is 0 Å². The summed E-state index contributed by atoms with van der Waals surface area (Å²) in [7, 11) is 2.16. The van der Waals surface area contributed by atoms with E-state index in [9.17, 15) is 0 Å². The van der Waals surface area contributed by atoms with Crippen LogP contribution in [0.4, 0.5) is 11.6 Å². The average molecular weight is 458 g/mol. The molecule has 1 aromatic heterocycles. The summed E-state index contributed by atoms with van der Waals surface area (Å²) in [5, 5.41) is 8.38. The first kappa shape index (κ1) is 24.6. The maximum Gasteiger partial charge on any atom is 0.226 e. The van der Waals surface area contributed by atoms with E-state index in [1.165, 1.54) is 25.9 Å². The SMILES string of the molecule is CCCN(CCC)CCCNC(=S)Nc1ccc2nc(N3CCN(C)CC3)nc(C)c2c1. The van der Waals surface area contributed by atoms with Gasteiger partial charge in [0.1, 0.15) is 0 Å². The summed E-state index contributed by atoms with van der Waals surface area (Å²) in [6, 6.07) is 6.19. The van der Waals surface area contributed by atoms with Gasteiger partial charge in [0, 0.05) is 43.8 Å². The van der Waals surface area contributed by atoms with Gasteiger partial charge in [0.05, 0.1) is 11.2 Å². The number of benzene rings is 1. The van der Waals surface area contributed by atoms with Crippen LogP contribution in [0, 0.1) is 6.92 Å². The zero-order valence-electron chi connectivity index (χ0n) is 20.2. The number of hydrogen-bond donors (Lipinski definition) is 2. The number of piperazine rings is 1. The fourth-order valence-electron chi connectivity index (χ4n) is 4.14. The van der Waals surface area contributed by atoms with Crippen LogP contribution in [0.5, 0.6) is 0 Å². The second-order valence-corrected chi connectivity index (χ2v) is 9.12. The van der Waals surface area contributed by atoms with Crippen molar-refractivity contribution in [3.8, 4) is 0 Å². The van der Waals surface area contributed by atoms with Gasteiger partial charge in [-0.1, -0.05) is 13.8 Å². The highest BCUT2D eigenvalue weighted by Crippen LogP contribution is 2.23. The Morgan fingerprint density at radius 2 is 1.78 bits per heavy atom. The minimum atomic E-state index is 0.662. The van der Waals surface area contributed by atoms with Gasteiger partial charge in [0.15, 0.2) is 5.11 Å². The van der Waals surface area contributed by atoms with Crippen LogP contribution < -0.4 is 15.5 Å². The molecular formula is C24H39N7S. The van der Waals surface area contributed by atoms with Crippen molar-refractivity contribution in [2.45, 2.75) is 40.0 Å². The van der Waals surface area contributed by atoms with Crippen LogP contribution >= 0.6 is 12.2 Å².